The molecule has 6 heteroatoms. The van der Waals surface area contributed by atoms with E-state index in [1.54, 1.807) is 39.0 Å². The second kappa shape index (κ2) is 5.24. The number of rotatable bonds is 2. The van der Waals surface area contributed by atoms with Crippen molar-refractivity contribution in [2.75, 3.05) is 0 Å². The van der Waals surface area contributed by atoms with Crippen LogP contribution in [0.1, 0.15) is 36.7 Å². The van der Waals surface area contributed by atoms with Crippen LogP contribution in [-0.2, 0) is 6.18 Å². The summed E-state index contributed by atoms with van der Waals surface area (Å²) in [5, 5.41) is 8.86. The summed E-state index contributed by atoms with van der Waals surface area (Å²) in [7, 11) is 0. The van der Waals surface area contributed by atoms with E-state index >= 15 is 0 Å². The highest BCUT2D eigenvalue weighted by atomic mass is 19.4. The van der Waals surface area contributed by atoms with Crippen molar-refractivity contribution in [2.45, 2.75) is 33.0 Å². The quantitative estimate of drug-likeness (QED) is 0.827. The Kier molecular flexibility index (Phi) is 3.77. The van der Waals surface area contributed by atoms with Crippen molar-refractivity contribution in [1.82, 2.24) is 9.55 Å². The number of aryl methyl sites for hydroxylation is 1. The van der Waals surface area contributed by atoms with Crippen LogP contribution in [0.25, 0.3) is 11.4 Å². The van der Waals surface area contributed by atoms with E-state index in [9.17, 15) is 13.2 Å². The SMILES string of the molecule is Cc1cc(C#N)ccc1-c1nc(C(F)(F)F)cn1C(C)C. The van der Waals surface area contributed by atoms with Gasteiger partial charge >= 0.3 is 6.18 Å². The van der Waals surface area contributed by atoms with Crippen LogP contribution in [0, 0.1) is 18.3 Å². The molecule has 0 aliphatic heterocycles. The van der Waals surface area contributed by atoms with E-state index in [0.717, 1.165) is 11.8 Å². The molecule has 0 amide bonds. The van der Waals surface area contributed by atoms with Crippen LogP contribution < -0.4 is 0 Å². The van der Waals surface area contributed by atoms with Gasteiger partial charge < -0.3 is 4.57 Å². The maximum Gasteiger partial charge on any atom is 0.434 e. The second-order valence-electron chi connectivity index (χ2n) is 5.09. The van der Waals surface area contributed by atoms with Crippen LogP contribution in [0.15, 0.2) is 24.4 Å². The zero-order valence-electron chi connectivity index (χ0n) is 11.9. The van der Waals surface area contributed by atoms with Crippen molar-refractivity contribution in [3.8, 4) is 17.5 Å². The molecule has 0 atom stereocenters. The second-order valence-corrected chi connectivity index (χ2v) is 5.09. The number of benzene rings is 1. The lowest BCUT2D eigenvalue weighted by Gasteiger charge is -2.13. The Hall–Kier alpha value is -2.29. The normalized spacial score (nSPS) is 11.7. The number of hydrogen-bond acceptors (Lipinski definition) is 2. The van der Waals surface area contributed by atoms with Crippen molar-refractivity contribution in [3.63, 3.8) is 0 Å². The number of imidazole rings is 1. The molecular formula is C15H14F3N3. The van der Waals surface area contributed by atoms with Gasteiger partial charge in [-0.05, 0) is 44.5 Å². The zero-order chi connectivity index (χ0) is 15.8. The molecule has 0 unspecified atom stereocenters. The first-order valence-electron chi connectivity index (χ1n) is 6.41. The Labute approximate surface area is 120 Å². The van der Waals surface area contributed by atoms with Gasteiger partial charge in [-0.25, -0.2) is 4.98 Å². The fourth-order valence-corrected chi connectivity index (χ4v) is 2.11. The fourth-order valence-electron chi connectivity index (χ4n) is 2.11. The molecule has 0 aliphatic carbocycles. The molecule has 0 spiro atoms. The first-order chi connectivity index (χ1) is 9.74. The average molecular weight is 293 g/mol. The first kappa shape index (κ1) is 15.1. The summed E-state index contributed by atoms with van der Waals surface area (Å²) in [4.78, 5) is 3.74. The van der Waals surface area contributed by atoms with Crippen LogP contribution in [0.3, 0.4) is 0 Å². The summed E-state index contributed by atoms with van der Waals surface area (Å²) in [5.41, 5.74) is 0.874. The summed E-state index contributed by atoms with van der Waals surface area (Å²) >= 11 is 0. The fraction of sp³-hybridized carbons (Fsp3) is 0.333. The van der Waals surface area contributed by atoms with E-state index in [2.05, 4.69) is 4.98 Å². The van der Waals surface area contributed by atoms with Crippen molar-refractivity contribution < 1.29 is 13.2 Å². The summed E-state index contributed by atoms with van der Waals surface area (Å²) in [6.07, 6.45) is -3.45. The molecule has 3 nitrogen and oxygen atoms in total. The third kappa shape index (κ3) is 2.92. The van der Waals surface area contributed by atoms with Crippen LogP contribution >= 0.6 is 0 Å². The molecule has 0 saturated heterocycles. The van der Waals surface area contributed by atoms with Gasteiger partial charge in [0.25, 0.3) is 0 Å². The smallest absolute Gasteiger partial charge is 0.328 e. The Morgan fingerprint density at radius 1 is 1.29 bits per heavy atom. The Bertz CT molecular complexity index is 706. The highest BCUT2D eigenvalue weighted by Crippen LogP contribution is 2.33. The van der Waals surface area contributed by atoms with Crippen molar-refractivity contribution in [1.29, 1.82) is 5.26 Å². The molecule has 0 N–H and O–H groups in total. The number of hydrogen-bond donors (Lipinski definition) is 0. The van der Waals surface area contributed by atoms with Gasteiger partial charge in [0.05, 0.1) is 11.6 Å². The van der Waals surface area contributed by atoms with Gasteiger partial charge in [0.1, 0.15) is 5.82 Å². The molecule has 1 aromatic carbocycles. The number of nitrogens with zero attached hydrogens (tertiary/aromatic N) is 3. The molecular weight excluding hydrogens is 279 g/mol. The predicted octanol–water partition coefficient (Wildman–Crippen LogP) is 4.33. The lowest BCUT2D eigenvalue weighted by molar-refractivity contribution is -0.140. The molecule has 1 aromatic heterocycles. The third-order valence-electron chi connectivity index (χ3n) is 3.18. The molecule has 2 aromatic rings. The maximum atomic E-state index is 12.9. The maximum absolute atomic E-state index is 12.9. The van der Waals surface area contributed by atoms with Gasteiger partial charge in [0.15, 0.2) is 5.69 Å². The molecule has 1 heterocycles. The summed E-state index contributed by atoms with van der Waals surface area (Å²) < 4.78 is 40.1. The van der Waals surface area contributed by atoms with Gasteiger partial charge in [0.2, 0.25) is 0 Å². The van der Waals surface area contributed by atoms with Crippen LogP contribution in [-0.4, -0.2) is 9.55 Å². The standard InChI is InChI=1S/C15H14F3N3/c1-9(2)21-8-13(15(16,17)18)20-14(21)12-5-4-11(7-19)6-10(12)3/h4-6,8-9H,1-3H3. The summed E-state index contributed by atoms with van der Waals surface area (Å²) in [5.74, 6) is 0.263. The van der Waals surface area contributed by atoms with Gasteiger partial charge in [0, 0.05) is 17.8 Å². The lowest BCUT2D eigenvalue weighted by atomic mass is 10.0. The minimum Gasteiger partial charge on any atom is -0.328 e. The molecule has 0 saturated carbocycles. The Balaban J connectivity index is 2.63. The Morgan fingerprint density at radius 3 is 2.43 bits per heavy atom. The monoisotopic (exact) mass is 293 g/mol. The minimum atomic E-state index is -4.48. The van der Waals surface area contributed by atoms with E-state index in [-0.39, 0.29) is 11.9 Å². The summed E-state index contributed by atoms with van der Waals surface area (Å²) in [6, 6.07) is 6.71. The summed E-state index contributed by atoms with van der Waals surface area (Å²) in [6.45, 7) is 5.34. The van der Waals surface area contributed by atoms with Gasteiger partial charge in [-0.1, -0.05) is 0 Å². The molecule has 2 rings (SSSR count). The molecule has 0 bridgehead atoms. The van der Waals surface area contributed by atoms with Crippen LogP contribution in [0.4, 0.5) is 13.2 Å². The van der Waals surface area contributed by atoms with Crippen LogP contribution in [0.5, 0.6) is 0 Å². The van der Waals surface area contributed by atoms with Gasteiger partial charge in [-0.2, -0.15) is 18.4 Å². The predicted molar refractivity (Wildman–Crippen MR) is 72.5 cm³/mol. The van der Waals surface area contributed by atoms with Crippen molar-refractivity contribution in [3.05, 3.63) is 41.2 Å². The van der Waals surface area contributed by atoms with Crippen LogP contribution in [0.2, 0.25) is 0 Å². The first-order valence-corrected chi connectivity index (χ1v) is 6.41. The number of nitriles is 1. The van der Waals surface area contributed by atoms with E-state index in [1.165, 1.54) is 4.57 Å². The lowest BCUT2D eigenvalue weighted by Crippen LogP contribution is -2.05. The molecule has 0 aliphatic rings. The molecule has 110 valence electrons. The highest BCUT2D eigenvalue weighted by molar-refractivity contribution is 5.62. The highest BCUT2D eigenvalue weighted by Gasteiger charge is 2.35. The molecule has 0 fully saturated rings. The Morgan fingerprint density at radius 2 is 1.95 bits per heavy atom. The zero-order valence-corrected chi connectivity index (χ0v) is 11.9. The topological polar surface area (TPSA) is 41.6 Å². The number of aromatic nitrogens is 2. The van der Waals surface area contributed by atoms with Crippen molar-refractivity contribution >= 4 is 0 Å². The minimum absolute atomic E-state index is 0.154. The van der Waals surface area contributed by atoms with E-state index in [1.807, 2.05) is 6.07 Å². The molecule has 0 radical (unpaired) electrons. The van der Waals surface area contributed by atoms with E-state index in [4.69, 9.17) is 5.26 Å². The van der Waals surface area contributed by atoms with Gasteiger partial charge in [-0.3, -0.25) is 0 Å². The van der Waals surface area contributed by atoms with Crippen molar-refractivity contribution in [2.24, 2.45) is 0 Å². The number of alkyl halides is 3. The third-order valence-corrected chi connectivity index (χ3v) is 3.18. The average Bonchev–Trinajstić information content (AvgIpc) is 2.83. The largest absolute Gasteiger partial charge is 0.434 e. The van der Waals surface area contributed by atoms with E-state index < -0.39 is 11.9 Å². The van der Waals surface area contributed by atoms with Gasteiger partial charge in [-0.15, -0.1) is 0 Å². The number of halogens is 3. The van der Waals surface area contributed by atoms with E-state index in [0.29, 0.717) is 11.1 Å². The molecule has 21 heavy (non-hydrogen) atoms.